The van der Waals surface area contributed by atoms with Crippen LogP contribution in [0.5, 0.6) is 0 Å². The van der Waals surface area contributed by atoms with E-state index in [1.807, 2.05) is 0 Å². The maximum absolute atomic E-state index is 14.0. The summed E-state index contributed by atoms with van der Waals surface area (Å²) >= 11 is 0. The van der Waals surface area contributed by atoms with Gasteiger partial charge in [0, 0.05) is 24.0 Å². The van der Waals surface area contributed by atoms with Gasteiger partial charge in [-0.3, -0.25) is 14.2 Å². The van der Waals surface area contributed by atoms with Crippen LogP contribution in [0.25, 0.3) is 0 Å². The molecule has 3 aromatic rings. The maximum Gasteiger partial charge on any atom is 0.399 e. The van der Waals surface area contributed by atoms with Gasteiger partial charge in [-0.05, 0) is 23.3 Å². The van der Waals surface area contributed by atoms with Crippen molar-refractivity contribution in [1.29, 1.82) is 0 Å². The van der Waals surface area contributed by atoms with E-state index in [0.29, 0.717) is 12.1 Å². The lowest BCUT2D eigenvalue weighted by atomic mass is 10.00. The number of sulfone groups is 1. The number of hydrogen-bond donors (Lipinski definition) is 6. The summed E-state index contributed by atoms with van der Waals surface area (Å²) in [6.45, 7) is 0. The van der Waals surface area contributed by atoms with Crippen LogP contribution < -0.4 is 10.6 Å². The lowest BCUT2D eigenvalue weighted by Gasteiger charge is -2.22. The third-order valence-electron chi connectivity index (χ3n) is 6.82. The fourth-order valence-corrected chi connectivity index (χ4v) is 5.91. The van der Waals surface area contributed by atoms with Crippen LogP contribution in [-0.2, 0) is 58.0 Å². The van der Waals surface area contributed by atoms with Gasteiger partial charge < -0.3 is 30.6 Å². The van der Waals surface area contributed by atoms with Crippen molar-refractivity contribution < 1.29 is 69.7 Å². The molecular formula is C29H27F4N2O11PS. The number of amides is 2. The molecule has 0 saturated heterocycles. The Labute approximate surface area is 269 Å². The van der Waals surface area contributed by atoms with Gasteiger partial charge in [-0.25, -0.2) is 18.0 Å². The van der Waals surface area contributed by atoms with Crippen molar-refractivity contribution in [2.75, 3.05) is 5.75 Å². The minimum atomic E-state index is -5.89. The maximum atomic E-state index is 14.0. The van der Waals surface area contributed by atoms with Gasteiger partial charge in [0.15, 0.2) is 9.84 Å². The molecular weight excluding hydrogens is 691 g/mol. The first-order chi connectivity index (χ1) is 22.1. The lowest BCUT2D eigenvalue weighted by molar-refractivity contribution is -0.166. The van der Waals surface area contributed by atoms with Gasteiger partial charge in [-0.1, -0.05) is 66.7 Å². The number of carboxylic acids is 2. The van der Waals surface area contributed by atoms with Crippen LogP contribution in [-0.4, -0.2) is 70.0 Å². The first-order valence-electron chi connectivity index (χ1n) is 13.5. The monoisotopic (exact) mass is 718 g/mol. The van der Waals surface area contributed by atoms with E-state index in [0.717, 1.165) is 36.4 Å². The summed E-state index contributed by atoms with van der Waals surface area (Å²) in [5.41, 5.74) is -6.41. The molecule has 0 saturated carbocycles. The molecule has 0 fully saturated rings. The van der Waals surface area contributed by atoms with Gasteiger partial charge in [-0.15, -0.1) is 0 Å². The Morgan fingerprint density at radius 3 is 1.67 bits per heavy atom. The van der Waals surface area contributed by atoms with Gasteiger partial charge in [0.25, 0.3) is 0 Å². The molecule has 3 aromatic carbocycles. The zero-order chi connectivity index (χ0) is 36.1. The van der Waals surface area contributed by atoms with Gasteiger partial charge in [0.2, 0.25) is 11.8 Å². The fraction of sp³-hybridized carbons (Fsp3) is 0.241. The highest BCUT2D eigenvalue weighted by molar-refractivity contribution is 7.92. The van der Waals surface area contributed by atoms with Crippen molar-refractivity contribution in [3.63, 3.8) is 0 Å². The minimum Gasteiger partial charge on any atom is -0.480 e. The average molecular weight is 719 g/mol. The second-order valence-electron chi connectivity index (χ2n) is 10.4. The van der Waals surface area contributed by atoms with Gasteiger partial charge in [0.1, 0.15) is 17.8 Å². The Kier molecular flexibility index (Phi) is 11.5. The molecule has 0 radical (unpaired) electrons. The topological polar surface area (TPSA) is 224 Å². The van der Waals surface area contributed by atoms with E-state index in [9.17, 15) is 54.8 Å². The SMILES string of the molecule is O=C(CS(=O)(=O)c1ccccc1)NC(Cc1ccc(C(F)(F)C(=O)O)cc1)C(=O)NC(Cc1ccc(C(F)(F)P(=O)(O)O)cc1)C(=O)O. The Balaban J connectivity index is 1.86. The van der Waals surface area contributed by atoms with Crippen molar-refractivity contribution in [3.8, 4) is 0 Å². The van der Waals surface area contributed by atoms with Crippen LogP contribution in [0.1, 0.15) is 22.3 Å². The predicted octanol–water partition coefficient (Wildman–Crippen LogP) is 2.40. The van der Waals surface area contributed by atoms with Crippen molar-refractivity contribution in [2.24, 2.45) is 0 Å². The molecule has 0 aromatic heterocycles. The third-order valence-corrected chi connectivity index (χ3v) is 9.44. The number of benzene rings is 3. The number of halogens is 4. The first-order valence-corrected chi connectivity index (χ1v) is 16.8. The molecule has 0 aliphatic carbocycles. The molecule has 2 unspecified atom stereocenters. The van der Waals surface area contributed by atoms with Crippen LogP contribution in [0.3, 0.4) is 0 Å². The standard InChI is InChI=1S/C29H27F4N2O11PS/c30-28(31,27(40)41)19-10-6-17(7-11-19)14-22(34-24(36)16-48(45,46)21-4-2-1-3-5-21)25(37)35-23(26(38)39)15-18-8-12-20(13-9-18)29(32,33)47(42,43)44/h1-13,22-23H,14-16H2,(H,34,36)(H,35,37)(H,38,39)(H,40,41)(H2,42,43,44). The summed E-state index contributed by atoms with van der Waals surface area (Å²) in [5, 5.41) is 22.8. The molecule has 0 aliphatic heterocycles. The largest absolute Gasteiger partial charge is 0.480 e. The average Bonchev–Trinajstić information content (AvgIpc) is 3.00. The van der Waals surface area contributed by atoms with E-state index in [1.54, 1.807) is 0 Å². The van der Waals surface area contributed by atoms with Crippen molar-refractivity contribution in [3.05, 3.63) is 101 Å². The summed E-state index contributed by atoms with van der Waals surface area (Å²) in [7, 11) is -10.1. The number of carboxylic acid groups (broad SMARTS) is 2. The van der Waals surface area contributed by atoms with E-state index in [4.69, 9.17) is 14.9 Å². The van der Waals surface area contributed by atoms with Crippen molar-refractivity contribution in [2.45, 2.75) is 41.4 Å². The molecule has 2 atom stereocenters. The van der Waals surface area contributed by atoms with E-state index >= 15 is 0 Å². The zero-order valence-electron chi connectivity index (χ0n) is 24.3. The highest BCUT2D eigenvalue weighted by atomic mass is 32.2. The van der Waals surface area contributed by atoms with E-state index in [1.165, 1.54) is 30.3 Å². The number of rotatable bonds is 15. The summed E-state index contributed by atoms with van der Waals surface area (Å²) in [4.78, 5) is 66.6. The summed E-state index contributed by atoms with van der Waals surface area (Å²) < 4.78 is 92.3. The minimum absolute atomic E-state index is 0.0254. The quantitative estimate of drug-likeness (QED) is 0.0989. The molecule has 0 spiro atoms. The number of aliphatic carboxylic acids is 2. The molecule has 0 aliphatic rings. The number of nitrogens with one attached hydrogen (secondary N) is 2. The van der Waals surface area contributed by atoms with Gasteiger partial charge in [0.05, 0.1) is 4.90 Å². The summed E-state index contributed by atoms with van der Waals surface area (Å²) in [6, 6.07) is 10.0. The predicted molar refractivity (Wildman–Crippen MR) is 158 cm³/mol. The van der Waals surface area contributed by atoms with Crippen LogP contribution in [0.15, 0.2) is 83.8 Å². The van der Waals surface area contributed by atoms with Crippen LogP contribution in [0.2, 0.25) is 0 Å². The normalized spacial score (nSPS) is 13.6. The molecule has 19 heteroatoms. The van der Waals surface area contributed by atoms with Gasteiger partial charge in [-0.2, -0.15) is 17.6 Å². The molecule has 3 rings (SSSR count). The smallest absolute Gasteiger partial charge is 0.399 e. The second-order valence-corrected chi connectivity index (χ2v) is 14.0. The highest BCUT2D eigenvalue weighted by Crippen LogP contribution is 2.59. The fourth-order valence-electron chi connectivity index (χ4n) is 4.26. The Bertz CT molecular complexity index is 1820. The van der Waals surface area contributed by atoms with Crippen LogP contribution in [0, 0.1) is 0 Å². The highest BCUT2D eigenvalue weighted by Gasteiger charge is 2.50. The Morgan fingerprint density at radius 1 is 0.729 bits per heavy atom. The van der Waals surface area contributed by atoms with Gasteiger partial charge >= 0.3 is 31.1 Å². The van der Waals surface area contributed by atoms with Crippen LogP contribution >= 0.6 is 7.60 Å². The van der Waals surface area contributed by atoms with Crippen molar-refractivity contribution >= 4 is 41.2 Å². The molecule has 13 nitrogen and oxygen atoms in total. The Hall–Kier alpha value is -4.64. The Morgan fingerprint density at radius 2 is 1.21 bits per heavy atom. The molecule has 0 bridgehead atoms. The lowest BCUT2D eigenvalue weighted by Crippen LogP contribution is -2.53. The van der Waals surface area contributed by atoms with E-state index in [-0.39, 0.29) is 16.0 Å². The van der Waals surface area contributed by atoms with E-state index < -0.39 is 94.6 Å². The third kappa shape index (κ3) is 9.25. The van der Waals surface area contributed by atoms with Crippen LogP contribution in [0.4, 0.5) is 17.6 Å². The number of hydrogen-bond acceptors (Lipinski definition) is 7. The molecule has 6 N–H and O–H groups in total. The molecule has 2 amide bonds. The number of carbonyl (C=O) groups is 4. The summed E-state index contributed by atoms with van der Waals surface area (Å²) in [5.74, 6) is -11.8. The first kappa shape index (κ1) is 37.8. The van der Waals surface area contributed by atoms with Crippen molar-refractivity contribution in [1.82, 2.24) is 10.6 Å². The number of carbonyl (C=O) groups excluding carboxylic acids is 2. The second kappa shape index (κ2) is 14.6. The molecule has 258 valence electrons. The molecule has 48 heavy (non-hydrogen) atoms. The summed E-state index contributed by atoms with van der Waals surface area (Å²) in [6.07, 6.45) is -1.06. The zero-order valence-corrected chi connectivity index (χ0v) is 26.0. The molecule has 0 heterocycles. The van der Waals surface area contributed by atoms with E-state index in [2.05, 4.69) is 10.6 Å². The number of alkyl halides is 4.